The number of ether oxygens (including phenoxy) is 1. The summed E-state index contributed by atoms with van der Waals surface area (Å²) in [6.07, 6.45) is 0. The quantitative estimate of drug-likeness (QED) is 0.834. The normalized spacial score (nSPS) is 10.6. The molecule has 0 bridgehead atoms. The maximum absolute atomic E-state index is 6.17. The summed E-state index contributed by atoms with van der Waals surface area (Å²) < 4.78 is 8.30. The Morgan fingerprint density at radius 1 is 1.55 bits per heavy atom. The van der Waals surface area contributed by atoms with Crippen LogP contribution >= 0.6 is 39.7 Å². The average Bonchev–Trinajstić information content (AvgIpc) is 2.62. The lowest BCUT2D eigenvalue weighted by Gasteiger charge is -2.11. The molecule has 106 valence electrons. The number of hydrogen-bond donors (Lipinski definition) is 1. The van der Waals surface area contributed by atoms with Crippen molar-refractivity contribution in [1.29, 1.82) is 0 Å². The van der Waals surface area contributed by atoms with E-state index >= 15 is 0 Å². The van der Waals surface area contributed by atoms with Crippen molar-refractivity contribution in [3.8, 4) is 5.75 Å². The van der Waals surface area contributed by atoms with E-state index in [0.29, 0.717) is 23.1 Å². The molecule has 0 aliphatic heterocycles. The van der Waals surface area contributed by atoms with E-state index < -0.39 is 0 Å². The summed E-state index contributed by atoms with van der Waals surface area (Å²) in [5.41, 5.74) is 8.08. The van der Waals surface area contributed by atoms with Crippen molar-refractivity contribution in [1.82, 2.24) is 9.78 Å². The second kappa shape index (κ2) is 6.11. The standard InChI is InChI=1S/C13H13BrClN3OS/c1-7-10(12(15)18(2)17-7)6-19-11-4-3-8(14)5-9(11)13(16)20/h3-5H,6H2,1-2H3,(H2,16,20). The molecule has 1 aromatic heterocycles. The van der Waals surface area contributed by atoms with Gasteiger partial charge in [-0.1, -0.05) is 39.7 Å². The van der Waals surface area contributed by atoms with Gasteiger partial charge in [0.25, 0.3) is 0 Å². The molecule has 0 fully saturated rings. The predicted octanol–water partition coefficient (Wildman–Crippen LogP) is 3.36. The predicted molar refractivity (Wildman–Crippen MR) is 87.3 cm³/mol. The van der Waals surface area contributed by atoms with Gasteiger partial charge in [0, 0.05) is 17.1 Å². The fourth-order valence-corrected chi connectivity index (χ4v) is 2.56. The Bertz CT molecular complexity index is 672. The lowest BCUT2D eigenvalue weighted by Crippen LogP contribution is -2.12. The number of thiocarbonyl (C=S) groups is 1. The second-order valence-electron chi connectivity index (χ2n) is 4.27. The van der Waals surface area contributed by atoms with Gasteiger partial charge in [0.1, 0.15) is 22.5 Å². The van der Waals surface area contributed by atoms with Gasteiger partial charge in [-0.3, -0.25) is 4.68 Å². The largest absolute Gasteiger partial charge is 0.488 e. The van der Waals surface area contributed by atoms with Gasteiger partial charge in [-0.25, -0.2) is 0 Å². The fraction of sp³-hybridized carbons (Fsp3) is 0.231. The molecule has 0 amide bonds. The van der Waals surface area contributed by atoms with Gasteiger partial charge in [0.05, 0.1) is 11.3 Å². The van der Waals surface area contributed by atoms with Crippen molar-refractivity contribution < 1.29 is 4.74 Å². The van der Waals surface area contributed by atoms with Crippen molar-refractivity contribution in [3.63, 3.8) is 0 Å². The number of aryl methyl sites for hydroxylation is 2. The van der Waals surface area contributed by atoms with Crippen LogP contribution in [0.5, 0.6) is 5.75 Å². The van der Waals surface area contributed by atoms with Gasteiger partial charge in [-0.2, -0.15) is 5.10 Å². The first kappa shape index (κ1) is 15.3. The van der Waals surface area contributed by atoms with E-state index in [1.807, 2.05) is 25.1 Å². The minimum atomic E-state index is 0.287. The molecule has 2 aromatic rings. The number of rotatable bonds is 4. The topological polar surface area (TPSA) is 53.1 Å². The number of nitrogens with zero attached hydrogens (tertiary/aromatic N) is 2. The van der Waals surface area contributed by atoms with Crippen molar-refractivity contribution in [3.05, 3.63) is 44.6 Å². The molecule has 1 aromatic carbocycles. The third kappa shape index (κ3) is 3.13. The Hall–Kier alpha value is -1.11. The molecule has 0 atom stereocenters. The Morgan fingerprint density at radius 2 is 2.25 bits per heavy atom. The minimum absolute atomic E-state index is 0.287. The SMILES string of the molecule is Cc1nn(C)c(Cl)c1COc1ccc(Br)cc1C(N)=S. The summed E-state index contributed by atoms with van der Waals surface area (Å²) in [4.78, 5) is 0.287. The monoisotopic (exact) mass is 373 g/mol. The van der Waals surface area contributed by atoms with Crippen molar-refractivity contribution in [2.75, 3.05) is 0 Å². The maximum Gasteiger partial charge on any atom is 0.133 e. The lowest BCUT2D eigenvalue weighted by atomic mass is 10.2. The number of nitrogens with two attached hydrogens (primary N) is 1. The third-order valence-electron chi connectivity index (χ3n) is 2.85. The molecule has 1 heterocycles. The molecule has 2 N–H and O–H groups in total. The number of hydrogen-bond acceptors (Lipinski definition) is 3. The van der Waals surface area contributed by atoms with Crippen molar-refractivity contribution in [2.24, 2.45) is 12.8 Å². The average molecular weight is 375 g/mol. The molecule has 0 spiro atoms. The van der Waals surface area contributed by atoms with Crippen LogP contribution in [0.25, 0.3) is 0 Å². The molecule has 7 heteroatoms. The summed E-state index contributed by atoms with van der Waals surface area (Å²) >= 11 is 14.6. The molecule has 0 saturated heterocycles. The zero-order valence-electron chi connectivity index (χ0n) is 11.0. The molecule has 0 unspecified atom stereocenters. The van der Waals surface area contributed by atoms with Gasteiger partial charge < -0.3 is 10.5 Å². The van der Waals surface area contributed by atoms with Gasteiger partial charge in [-0.15, -0.1) is 0 Å². The van der Waals surface area contributed by atoms with Crippen LogP contribution in [0.15, 0.2) is 22.7 Å². The highest BCUT2D eigenvalue weighted by Gasteiger charge is 2.13. The van der Waals surface area contributed by atoms with E-state index in [1.165, 1.54) is 0 Å². The summed E-state index contributed by atoms with van der Waals surface area (Å²) in [5, 5.41) is 4.81. The molecule has 0 aliphatic rings. The van der Waals surface area contributed by atoms with E-state index in [2.05, 4.69) is 21.0 Å². The Labute approximate surface area is 136 Å². The first-order valence-corrected chi connectivity index (χ1v) is 7.38. The highest BCUT2D eigenvalue weighted by atomic mass is 79.9. The highest BCUT2D eigenvalue weighted by molar-refractivity contribution is 9.10. The van der Waals surface area contributed by atoms with Crippen LogP contribution in [0.1, 0.15) is 16.8 Å². The van der Waals surface area contributed by atoms with Gasteiger partial charge in [0.2, 0.25) is 0 Å². The number of benzene rings is 1. The molecular formula is C13H13BrClN3OS. The van der Waals surface area contributed by atoms with E-state index in [0.717, 1.165) is 15.7 Å². The molecule has 0 radical (unpaired) electrons. The second-order valence-corrected chi connectivity index (χ2v) is 5.99. The summed E-state index contributed by atoms with van der Waals surface area (Å²) in [7, 11) is 1.79. The van der Waals surface area contributed by atoms with Crippen LogP contribution in [0, 0.1) is 6.92 Å². The van der Waals surface area contributed by atoms with Crippen molar-refractivity contribution in [2.45, 2.75) is 13.5 Å². The minimum Gasteiger partial charge on any atom is -0.488 e. The first-order chi connectivity index (χ1) is 9.40. The summed E-state index contributed by atoms with van der Waals surface area (Å²) in [6.45, 7) is 2.20. The fourth-order valence-electron chi connectivity index (χ4n) is 1.81. The van der Waals surface area contributed by atoms with Crippen LogP contribution in [-0.2, 0) is 13.7 Å². The van der Waals surface area contributed by atoms with Crippen LogP contribution in [-0.4, -0.2) is 14.8 Å². The van der Waals surface area contributed by atoms with Crippen molar-refractivity contribution >= 4 is 44.7 Å². The van der Waals surface area contributed by atoms with Crippen LogP contribution < -0.4 is 10.5 Å². The smallest absolute Gasteiger partial charge is 0.133 e. The zero-order chi connectivity index (χ0) is 14.9. The van der Waals surface area contributed by atoms with E-state index in [1.54, 1.807) is 11.7 Å². The van der Waals surface area contributed by atoms with Gasteiger partial charge in [-0.05, 0) is 25.1 Å². The Kier molecular flexibility index (Phi) is 4.67. The van der Waals surface area contributed by atoms with Gasteiger partial charge >= 0.3 is 0 Å². The Balaban J connectivity index is 2.25. The zero-order valence-corrected chi connectivity index (χ0v) is 14.1. The maximum atomic E-state index is 6.17. The molecule has 0 saturated carbocycles. The van der Waals surface area contributed by atoms with E-state index in [4.69, 9.17) is 34.3 Å². The third-order valence-corrected chi connectivity index (χ3v) is 4.03. The van der Waals surface area contributed by atoms with Gasteiger partial charge in [0.15, 0.2) is 0 Å². The van der Waals surface area contributed by atoms with Crippen LogP contribution in [0.3, 0.4) is 0 Å². The lowest BCUT2D eigenvalue weighted by molar-refractivity contribution is 0.305. The summed E-state index contributed by atoms with van der Waals surface area (Å²) in [6, 6.07) is 5.52. The molecule has 2 rings (SSSR count). The highest BCUT2D eigenvalue weighted by Crippen LogP contribution is 2.26. The first-order valence-electron chi connectivity index (χ1n) is 5.80. The molecule has 0 aliphatic carbocycles. The number of aromatic nitrogens is 2. The van der Waals surface area contributed by atoms with Crippen LogP contribution in [0.2, 0.25) is 5.15 Å². The number of halogens is 2. The molecule has 4 nitrogen and oxygen atoms in total. The van der Waals surface area contributed by atoms with Crippen LogP contribution in [0.4, 0.5) is 0 Å². The molecule has 20 heavy (non-hydrogen) atoms. The molecular weight excluding hydrogens is 362 g/mol. The Morgan fingerprint density at radius 3 is 2.80 bits per heavy atom. The van der Waals surface area contributed by atoms with E-state index in [-0.39, 0.29) is 4.99 Å². The summed E-state index contributed by atoms with van der Waals surface area (Å²) in [5.74, 6) is 0.625. The van der Waals surface area contributed by atoms with E-state index in [9.17, 15) is 0 Å².